The van der Waals surface area contributed by atoms with Crippen LogP contribution in [0.3, 0.4) is 0 Å². The van der Waals surface area contributed by atoms with Crippen LogP contribution in [0.4, 0.5) is 5.13 Å². The third kappa shape index (κ3) is 3.03. The summed E-state index contributed by atoms with van der Waals surface area (Å²) in [4.78, 5) is 19.1. The van der Waals surface area contributed by atoms with Gasteiger partial charge in [-0.2, -0.15) is 10.8 Å². The van der Waals surface area contributed by atoms with Gasteiger partial charge in [-0.15, -0.1) is 0 Å². The molecule has 0 unspecified atom stereocenters. The average Bonchev–Trinajstić information content (AvgIpc) is 2.60. The molecule has 0 saturated heterocycles. The first-order valence-corrected chi connectivity index (χ1v) is 7.23. The molecular formula is C8H14N4O4S2. The number of hydrogen-bond donors (Lipinski definition) is 2. The maximum Gasteiger partial charge on any atom is 0.277 e. The summed E-state index contributed by atoms with van der Waals surface area (Å²) >= 11 is 0.846. The van der Waals surface area contributed by atoms with Gasteiger partial charge in [0.1, 0.15) is 0 Å². The van der Waals surface area contributed by atoms with E-state index in [0.717, 1.165) is 11.3 Å². The molecule has 102 valence electrons. The van der Waals surface area contributed by atoms with Gasteiger partial charge in [-0.25, -0.2) is 13.4 Å². The van der Waals surface area contributed by atoms with E-state index in [2.05, 4.69) is 15.2 Å². The van der Waals surface area contributed by atoms with Crippen molar-refractivity contribution in [1.29, 1.82) is 0 Å². The molecule has 0 atom stereocenters. The highest BCUT2D eigenvalue weighted by molar-refractivity contribution is 7.91. The Morgan fingerprint density at radius 3 is 2.67 bits per heavy atom. The van der Waals surface area contributed by atoms with Crippen molar-refractivity contribution in [2.75, 3.05) is 11.9 Å². The van der Waals surface area contributed by atoms with Crippen molar-refractivity contribution >= 4 is 32.4 Å². The number of nitrogens with zero attached hydrogens (tertiary/aromatic N) is 2. The number of aryl methyl sites for hydroxylation is 1. The molecule has 1 heterocycles. The fourth-order valence-electron chi connectivity index (χ4n) is 1.22. The van der Waals surface area contributed by atoms with Crippen molar-refractivity contribution in [3.8, 4) is 0 Å². The number of carbonyl (C=O) groups excluding carboxylic acids is 1. The Labute approximate surface area is 109 Å². The smallest absolute Gasteiger partial charge is 0.277 e. The third-order valence-corrected chi connectivity index (χ3v) is 5.31. The first-order valence-electron chi connectivity index (χ1n) is 4.97. The Kier molecular flexibility index (Phi) is 4.76. The number of nitrogens with one attached hydrogen (secondary N) is 1. The molecule has 8 nitrogen and oxygen atoms in total. The number of nitrogens with two attached hydrogens (primary N) is 1. The first-order chi connectivity index (χ1) is 8.32. The molecule has 0 aliphatic rings. The molecule has 1 amide bonds. The minimum atomic E-state index is -3.86. The number of thiazole rings is 1. The lowest BCUT2D eigenvalue weighted by Gasteiger charge is -2.15. The highest BCUT2D eigenvalue weighted by Crippen LogP contribution is 2.29. The van der Waals surface area contributed by atoms with Crippen LogP contribution in [0.5, 0.6) is 0 Å². The lowest BCUT2D eigenvalue weighted by molar-refractivity contribution is -0.114. The largest absolute Gasteiger partial charge is 0.302 e. The number of hydrogen-bond acceptors (Lipinski definition) is 7. The Morgan fingerprint density at radius 1 is 1.61 bits per heavy atom. The summed E-state index contributed by atoms with van der Waals surface area (Å²) in [5, 5.41) is 2.64. The van der Waals surface area contributed by atoms with E-state index in [1.807, 2.05) is 0 Å². The summed E-state index contributed by atoms with van der Waals surface area (Å²) in [6.07, 6.45) is 0. The molecule has 0 aliphatic heterocycles. The van der Waals surface area contributed by atoms with Gasteiger partial charge in [-0.05, 0) is 13.8 Å². The van der Waals surface area contributed by atoms with E-state index in [1.54, 1.807) is 6.92 Å². The van der Waals surface area contributed by atoms with E-state index in [-0.39, 0.29) is 27.5 Å². The topological polar surface area (TPSA) is 115 Å². The van der Waals surface area contributed by atoms with Gasteiger partial charge in [-0.1, -0.05) is 15.8 Å². The van der Waals surface area contributed by atoms with Crippen molar-refractivity contribution in [2.45, 2.75) is 25.0 Å². The fraction of sp³-hybridized carbons (Fsp3) is 0.500. The van der Waals surface area contributed by atoms with E-state index >= 15 is 0 Å². The molecule has 1 aromatic rings. The van der Waals surface area contributed by atoms with Gasteiger partial charge in [0.15, 0.2) is 9.34 Å². The number of amides is 1. The average molecular weight is 294 g/mol. The van der Waals surface area contributed by atoms with Crippen molar-refractivity contribution < 1.29 is 18.2 Å². The van der Waals surface area contributed by atoms with Gasteiger partial charge in [0.2, 0.25) is 5.91 Å². The van der Waals surface area contributed by atoms with Crippen molar-refractivity contribution in [3.63, 3.8) is 0 Å². The zero-order valence-electron chi connectivity index (χ0n) is 10.1. The molecule has 0 bridgehead atoms. The lowest BCUT2D eigenvalue weighted by Crippen LogP contribution is -2.33. The normalized spacial score (nSPS) is 11.8. The maximum atomic E-state index is 12.1. The predicted octanol–water partition coefficient (Wildman–Crippen LogP) is 0.226. The molecule has 1 aromatic heterocycles. The standard InChI is InChI=1S/C8H14N4O4S2/c1-4-12(16-9)18(14,15)7-5(2)10-8(17-7)11-6(3)13/h4,9H2,1-3H3,(H,10,11,13). The van der Waals surface area contributed by atoms with Crippen LogP contribution < -0.4 is 11.2 Å². The summed E-state index contributed by atoms with van der Waals surface area (Å²) in [6.45, 7) is 4.48. The Balaban J connectivity index is 3.17. The van der Waals surface area contributed by atoms with Crippen LogP contribution in [0.25, 0.3) is 0 Å². The molecule has 10 heteroatoms. The van der Waals surface area contributed by atoms with Crippen LogP contribution in [-0.4, -0.2) is 30.3 Å². The molecule has 3 N–H and O–H groups in total. The predicted molar refractivity (Wildman–Crippen MR) is 66.0 cm³/mol. The van der Waals surface area contributed by atoms with Crippen molar-refractivity contribution in [2.24, 2.45) is 5.90 Å². The number of hydroxylamine groups is 1. The Hall–Kier alpha value is -1.07. The Bertz CT molecular complexity index is 535. The molecule has 1 rings (SSSR count). The molecule has 0 radical (unpaired) electrons. The highest BCUT2D eigenvalue weighted by Gasteiger charge is 2.29. The van der Waals surface area contributed by atoms with Crippen LogP contribution in [0.1, 0.15) is 19.5 Å². The second-order valence-electron chi connectivity index (χ2n) is 3.30. The maximum absolute atomic E-state index is 12.1. The minimum absolute atomic E-state index is 0.0152. The molecule has 18 heavy (non-hydrogen) atoms. The Morgan fingerprint density at radius 2 is 2.22 bits per heavy atom. The van der Waals surface area contributed by atoms with E-state index in [0.29, 0.717) is 4.47 Å². The van der Waals surface area contributed by atoms with Gasteiger partial charge in [-0.3, -0.25) is 4.79 Å². The summed E-state index contributed by atoms with van der Waals surface area (Å²) < 4.78 is 24.8. The number of rotatable bonds is 5. The summed E-state index contributed by atoms with van der Waals surface area (Å²) in [5.74, 6) is 4.58. The lowest BCUT2D eigenvalue weighted by atomic mass is 10.6. The van der Waals surface area contributed by atoms with E-state index in [1.165, 1.54) is 13.8 Å². The fourth-order valence-corrected chi connectivity index (χ4v) is 3.93. The monoisotopic (exact) mass is 294 g/mol. The second-order valence-corrected chi connectivity index (χ2v) is 6.33. The summed E-state index contributed by atoms with van der Waals surface area (Å²) in [7, 11) is -3.86. The van der Waals surface area contributed by atoms with Gasteiger partial charge in [0, 0.05) is 13.5 Å². The van der Waals surface area contributed by atoms with Gasteiger partial charge in [0.25, 0.3) is 10.0 Å². The number of anilines is 1. The molecule has 0 spiro atoms. The second kappa shape index (κ2) is 5.71. The molecule has 0 aromatic carbocycles. The number of carbonyl (C=O) groups is 1. The van der Waals surface area contributed by atoms with Crippen LogP contribution >= 0.6 is 11.3 Å². The van der Waals surface area contributed by atoms with E-state index in [4.69, 9.17) is 5.90 Å². The summed E-state index contributed by atoms with van der Waals surface area (Å²) in [5.41, 5.74) is 0.277. The third-order valence-electron chi connectivity index (χ3n) is 1.92. The van der Waals surface area contributed by atoms with Crippen molar-refractivity contribution in [1.82, 2.24) is 9.45 Å². The van der Waals surface area contributed by atoms with Crippen LogP contribution in [0.15, 0.2) is 4.21 Å². The molecule has 0 saturated carbocycles. The zero-order chi connectivity index (χ0) is 13.9. The first kappa shape index (κ1) is 15.0. The van der Waals surface area contributed by atoms with Crippen LogP contribution in [0, 0.1) is 6.92 Å². The molecule has 0 fully saturated rings. The van der Waals surface area contributed by atoms with Gasteiger partial charge < -0.3 is 5.32 Å². The van der Waals surface area contributed by atoms with Crippen molar-refractivity contribution in [3.05, 3.63) is 5.69 Å². The molecule has 0 aliphatic carbocycles. The quantitative estimate of drug-likeness (QED) is 0.751. The van der Waals surface area contributed by atoms with Crippen LogP contribution in [-0.2, 0) is 19.8 Å². The van der Waals surface area contributed by atoms with Gasteiger partial charge in [0.05, 0.1) is 5.69 Å². The number of aromatic nitrogens is 1. The SMILES string of the molecule is CCN(ON)S(=O)(=O)c1sc(NC(C)=O)nc1C. The molecular weight excluding hydrogens is 280 g/mol. The minimum Gasteiger partial charge on any atom is -0.302 e. The highest BCUT2D eigenvalue weighted by atomic mass is 32.2. The van der Waals surface area contributed by atoms with E-state index < -0.39 is 10.0 Å². The zero-order valence-corrected chi connectivity index (χ0v) is 11.8. The number of sulfonamides is 1. The van der Waals surface area contributed by atoms with Crippen LogP contribution in [0.2, 0.25) is 0 Å². The van der Waals surface area contributed by atoms with Gasteiger partial charge >= 0.3 is 0 Å². The summed E-state index contributed by atoms with van der Waals surface area (Å²) in [6, 6.07) is 0. The van der Waals surface area contributed by atoms with E-state index in [9.17, 15) is 13.2 Å².